The zero-order valence-electron chi connectivity index (χ0n) is 16.4. The van der Waals surface area contributed by atoms with Crippen molar-refractivity contribution < 1.29 is 24.9 Å². The van der Waals surface area contributed by atoms with E-state index in [9.17, 15) is 20.1 Å². The Labute approximate surface area is 170 Å². The lowest BCUT2D eigenvalue weighted by Gasteiger charge is -2.44. The first kappa shape index (κ1) is 23.2. The molecule has 0 radical (unpaired) electrons. The van der Waals surface area contributed by atoms with Crippen LogP contribution in [0.25, 0.3) is 0 Å². The van der Waals surface area contributed by atoms with Gasteiger partial charge in [-0.1, -0.05) is 13.3 Å². The van der Waals surface area contributed by atoms with Crippen molar-refractivity contribution in [1.29, 1.82) is 0 Å². The van der Waals surface area contributed by atoms with Crippen molar-refractivity contribution in [2.24, 2.45) is 5.92 Å². The average molecular weight is 425 g/mol. The summed E-state index contributed by atoms with van der Waals surface area (Å²) in [5, 5.41) is 33.0. The molecule has 0 aromatic carbocycles. The molecule has 2 rings (SSSR count). The Morgan fingerprint density at radius 1 is 1.33 bits per heavy atom. The number of carbonyl (C=O) groups is 1. The summed E-state index contributed by atoms with van der Waals surface area (Å²) in [5.74, 6) is 0.350. The topological polar surface area (TPSA) is 102 Å². The minimum absolute atomic E-state index is 0.147. The smallest absolute Gasteiger partial charge is 0.237 e. The quantitative estimate of drug-likeness (QED) is 0.438. The van der Waals surface area contributed by atoms with Gasteiger partial charge in [0.2, 0.25) is 5.91 Å². The van der Waals surface area contributed by atoms with Gasteiger partial charge in [0, 0.05) is 6.54 Å². The average Bonchev–Trinajstić information content (AvgIpc) is 2.99. The fourth-order valence-corrected chi connectivity index (χ4v) is 5.00. The number of amides is 1. The maximum atomic E-state index is 12.9. The zero-order chi connectivity index (χ0) is 20.3. The maximum absolute atomic E-state index is 12.9. The summed E-state index contributed by atoms with van der Waals surface area (Å²) in [6.45, 7) is 4.74. The highest BCUT2D eigenvalue weighted by Gasteiger charge is 2.48. The molecule has 2 fully saturated rings. The van der Waals surface area contributed by atoms with Crippen molar-refractivity contribution in [3.8, 4) is 0 Å². The van der Waals surface area contributed by atoms with E-state index in [-0.39, 0.29) is 11.9 Å². The van der Waals surface area contributed by atoms with E-state index in [1.165, 1.54) is 11.8 Å². The lowest BCUT2D eigenvalue weighted by Crippen LogP contribution is -2.65. The van der Waals surface area contributed by atoms with E-state index in [0.717, 1.165) is 25.8 Å². The molecule has 158 valence electrons. The van der Waals surface area contributed by atoms with Gasteiger partial charge in [-0.25, -0.2) is 0 Å². The van der Waals surface area contributed by atoms with Crippen LogP contribution < -0.4 is 5.32 Å². The summed E-state index contributed by atoms with van der Waals surface area (Å²) in [7, 11) is 1.94. The predicted octanol–water partition coefficient (Wildman–Crippen LogP) is 0.390. The van der Waals surface area contributed by atoms with E-state index in [2.05, 4.69) is 12.2 Å². The van der Waals surface area contributed by atoms with Gasteiger partial charge in [0.05, 0.1) is 17.5 Å². The van der Waals surface area contributed by atoms with E-state index in [4.69, 9.17) is 16.3 Å². The minimum atomic E-state index is -1.36. The number of nitrogens with zero attached hydrogens (tertiary/aromatic N) is 1. The first-order valence-corrected chi connectivity index (χ1v) is 11.3. The van der Waals surface area contributed by atoms with Gasteiger partial charge in [-0.15, -0.1) is 23.4 Å². The van der Waals surface area contributed by atoms with E-state index >= 15 is 0 Å². The van der Waals surface area contributed by atoms with E-state index in [1.807, 2.05) is 11.9 Å². The Kier molecular flexibility index (Phi) is 8.67. The highest BCUT2D eigenvalue weighted by molar-refractivity contribution is 7.99. The van der Waals surface area contributed by atoms with Crippen molar-refractivity contribution in [3.05, 3.63) is 0 Å². The normalized spacial score (nSPS) is 39.9. The number of aliphatic hydroxyl groups excluding tert-OH is 3. The van der Waals surface area contributed by atoms with Crippen LogP contribution >= 0.6 is 23.4 Å². The number of alkyl halides is 1. The number of halogens is 1. The highest BCUT2D eigenvalue weighted by Crippen LogP contribution is 2.31. The molecule has 8 unspecified atom stereocenters. The molecule has 0 spiro atoms. The van der Waals surface area contributed by atoms with Crippen LogP contribution in [0.2, 0.25) is 0 Å². The highest BCUT2D eigenvalue weighted by atomic mass is 35.5. The molecule has 9 atom stereocenters. The van der Waals surface area contributed by atoms with Gasteiger partial charge < -0.3 is 25.4 Å². The van der Waals surface area contributed by atoms with Gasteiger partial charge >= 0.3 is 0 Å². The van der Waals surface area contributed by atoms with Gasteiger partial charge in [0.15, 0.2) is 0 Å². The van der Waals surface area contributed by atoms with Crippen LogP contribution in [0.15, 0.2) is 0 Å². The SMILES string of the molecule is CCCC1CC(C(=O)NC(C(C)Cl)[C@H]2OC(SC)C(O)C(O)C2O)N(C)C1. The molecule has 0 aromatic heterocycles. The van der Waals surface area contributed by atoms with Crippen LogP contribution in [-0.2, 0) is 9.53 Å². The van der Waals surface area contributed by atoms with Crippen LogP contribution in [0.5, 0.6) is 0 Å². The second-order valence-corrected chi connectivity index (χ2v) is 9.36. The monoisotopic (exact) mass is 424 g/mol. The molecule has 0 bridgehead atoms. The molecule has 2 saturated heterocycles. The summed E-state index contributed by atoms with van der Waals surface area (Å²) in [5.41, 5.74) is -0.702. The van der Waals surface area contributed by atoms with E-state index in [0.29, 0.717) is 5.92 Å². The first-order valence-electron chi connectivity index (χ1n) is 9.58. The third kappa shape index (κ3) is 5.29. The Morgan fingerprint density at radius 2 is 2.00 bits per heavy atom. The van der Waals surface area contributed by atoms with Crippen LogP contribution in [-0.4, -0.2) is 93.3 Å². The minimum Gasteiger partial charge on any atom is -0.388 e. The number of aliphatic hydroxyl groups is 3. The first-order chi connectivity index (χ1) is 12.7. The fourth-order valence-electron chi connectivity index (χ4n) is 4.11. The third-order valence-corrected chi connectivity index (χ3v) is 6.76. The number of carbonyl (C=O) groups excluding carboxylic acids is 1. The Hall–Kier alpha value is -0.0900. The number of likely N-dealkylation sites (N-methyl/N-ethyl adjacent to an activating group) is 1. The molecule has 0 saturated carbocycles. The van der Waals surface area contributed by atoms with E-state index < -0.39 is 41.3 Å². The molecule has 2 aliphatic rings. The molecule has 2 heterocycles. The molecular formula is C18H33ClN2O5S. The van der Waals surface area contributed by atoms with Crippen molar-refractivity contribution in [1.82, 2.24) is 10.2 Å². The summed E-state index contributed by atoms with van der Waals surface area (Å²) < 4.78 is 5.79. The zero-order valence-corrected chi connectivity index (χ0v) is 18.0. The van der Waals surface area contributed by atoms with Crippen LogP contribution in [0, 0.1) is 5.92 Å². The van der Waals surface area contributed by atoms with Crippen LogP contribution in [0.1, 0.15) is 33.1 Å². The summed E-state index contributed by atoms with van der Waals surface area (Å²) in [6.07, 6.45) is -0.0980. The molecule has 2 aliphatic heterocycles. The number of likely N-dealkylation sites (tertiary alicyclic amines) is 1. The summed E-state index contributed by atoms with van der Waals surface area (Å²) in [4.78, 5) is 14.9. The number of thioether (sulfide) groups is 1. The molecule has 0 aromatic rings. The Balaban J connectivity index is 2.09. The molecule has 1 amide bonds. The third-order valence-electron chi connectivity index (χ3n) is 5.63. The van der Waals surface area contributed by atoms with Crippen molar-refractivity contribution in [2.75, 3.05) is 19.8 Å². The second-order valence-electron chi connectivity index (χ2n) is 7.73. The largest absolute Gasteiger partial charge is 0.388 e. The summed E-state index contributed by atoms with van der Waals surface area (Å²) >= 11 is 7.55. The summed E-state index contributed by atoms with van der Waals surface area (Å²) in [6, 6.07) is -0.934. The second kappa shape index (κ2) is 10.1. The van der Waals surface area contributed by atoms with Gasteiger partial charge in [-0.05, 0) is 39.0 Å². The predicted molar refractivity (Wildman–Crippen MR) is 107 cm³/mol. The van der Waals surface area contributed by atoms with Crippen LogP contribution in [0.3, 0.4) is 0 Å². The number of nitrogens with one attached hydrogen (secondary N) is 1. The molecule has 9 heteroatoms. The molecule has 27 heavy (non-hydrogen) atoms. The lowest BCUT2D eigenvalue weighted by molar-refractivity contribution is -0.205. The van der Waals surface area contributed by atoms with Gasteiger partial charge in [0.25, 0.3) is 0 Å². The number of hydrogen-bond acceptors (Lipinski definition) is 7. The van der Waals surface area contributed by atoms with Gasteiger partial charge in [-0.3, -0.25) is 9.69 Å². The van der Waals surface area contributed by atoms with E-state index in [1.54, 1.807) is 13.2 Å². The standard InChI is InChI=1S/C18H33ClN2O5S/c1-5-6-10-7-11(21(3)8-10)17(25)20-12(9(2)19)16-14(23)13(22)15(24)18(26-16)27-4/h9-16,18,22-24H,5-8H2,1-4H3,(H,20,25)/t9?,10?,11?,12?,13?,14?,15?,16-,18?/m1/s1. The number of hydrogen-bond donors (Lipinski definition) is 4. The van der Waals surface area contributed by atoms with Gasteiger partial charge in [-0.2, -0.15) is 0 Å². The van der Waals surface area contributed by atoms with Crippen molar-refractivity contribution >= 4 is 29.3 Å². The molecular weight excluding hydrogens is 392 g/mol. The van der Waals surface area contributed by atoms with Crippen molar-refractivity contribution in [2.45, 2.75) is 80.4 Å². The number of rotatable bonds is 7. The Morgan fingerprint density at radius 3 is 2.56 bits per heavy atom. The molecule has 0 aliphatic carbocycles. The lowest BCUT2D eigenvalue weighted by atomic mass is 9.92. The van der Waals surface area contributed by atoms with Crippen molar-refractivity contribution in [3.63, 3.8) is 0 Å². The maximum Gasteiger partial charge on any atom is 0.237 e. The molecule has 4 N–H and O–H groups in total. The fraction of sp³-hybridized carbons (Fsp3) is 0.944. The Bertz CT molecular complexity index is 498. The number of ether oxygens (including phenoxy) is 1. The van der Waals surface area contributed by atoms with Gasteiger partial charge in [0.1, 0.15) is 29.9 Å². The van der Waals surface area contributed by atoms with Crippen LogP contribution in [0.4, 0.5) is 0 Å². The molecule has 7 nitrogen and oxygen atoms in total.